The van der Waals surface area contributed by atoms with E-state index in [9.17, 15) is 0 Å². The molecule has 2 N–H and O–H groups in total. The Hall–Kier alpha value is -0.860. The Kier molecular flexibility index (Phi) is 7.86. The highest BCUT2D eigenvalue weighted by Gasteiger charge is 2.21. The number of hydrogen-bond donors (Lipinski definition) is 1. The molecule has 20 heavy (non-hydrogen) atoms. The van der Waals surface area contributed by atoms with Crippen molar-refractivity contribution >= 4 is 0 Å². The third kappa shape index (κ3) is 4.32. The molecule has 1 aromatic carbocycles. The molecule has 2 nitrogen and oxygen atoms in total. The predicted molar refractivity (Wildman–Crippen MR) is 88.9 cm³/mol. The summed E-state index contributed by atoms with van der Waals surface area (Å²) in [7, 11) is 0. The van der Waals surface area contributed by atoms with Gasteiger partial charge >= 0.3 is 0 Å². The highest BCUT2D eigenvalue weighted by molar-refractivity contribution is 5.30. The first-order valence-corrected chi connectivity index (χ1v) is 8.23. The molecule has 0 amide bonds. The SMILES string of the molecule is CCc1ccccc1C(CN)N(CC)CC(CC)CC. The topological polar surface area (TPSA) is 29.3 Å². The van der Waals surface area contributed by atoms with E-state index in [-0.39, 0.29) is 0 Å². The largest absolute Gasteiger partial charge is 0.329 e. The molecule has 1 atom stereocenters. The van der Waals surface area contributed by atoms with Gasteiger partial charge in [-0.25, -0.2) is 0 Å². The first-order valence-electron chi connectivity index (χ1n) is 8.23. The van der Waals surface area contributed by atoms with Crippen LogP contribution in [0, 0.1) is 5.92 Å². The lowest BCUT2D eigenvalue weighted by atomic mass is 9.95. The summed E-state index contributed by atoms with van der Waals surface area (Å²) in [6, 6.07) is 9.13. The van der Waals surface area contributed by atoms with Gasteiger partial charge in [0, 0.05) is 19.1 Å². The Morgan fingerprint density at radius 3 is 2.20 bits per heavy atom. The van der Waals surface area contributed by atoms with Crippen LogP contribution in [-0.2, 0) is 6.42 Å². The van der Waals surface area contributed by atoms with Crippen LogP contribution in [0.25, 0.3) is 0 Å². The van der Waals surface area contributed by atoms with Crippen molar-refractivity contribution in [3.05, 3.63) is 35.4 Å². The second-order valence-corrected chi connectivity index (χ2v) is 5.57. The molecule has 114 valence electrons. The summed E-state index contributed by atoms with van der Waals surface area (Å²) in [6.45, 7) is 12.0. The quantitative estimate of drug-likeness (QED) is 0.738. The molecule has 0 saturated carbocycles. The number of rotatable bonds is 9. The minimum atomic E-state index is 0.358. The van der Waals surface area contributed by atoms with Gasteiger partial charge in [-0.15, -0.1) is 0 Å². The van der Waals surface area contributed by atoms with Gasteiger partial charge in [-0.3, -0.25) is 4.90 Å². The minimum Gasteiger partial charge on any atom is -0.329 e. The van der Waals surface area contributed by atoms with Gasteiger partial charge < -0.3 is 5.73 Å². The van der Waals surface area contributed by atoms with Crippen LogP contribution < -0.4 is 5.73 Å². The molecule has 0 heterocycles. The summed E-state index contributed by atoms with van der Waals surface area (Å²) >= 11 is 0. The normalized spacial score (nSPS) is 13.2. The van der Waals surface area contributed by atoms with Crippen LogP contribution >= 0.6 is 0 Å². The molecule has 0 aliphatic rings. The van der Waals surface area contributed by atoms with Gasteiger partial charge in [0.05, 0.1) is 0 Å². The van der Waals surface area contributed by atoms with Gasteiger partial charge in [0.15, 0.2) is 0 Å². The number of aryl methyl sites for hydroxylation is 1. The third-order valence-corrected chi connectivity index (χ3v) is 4.51. The molecule has 0 spiro atoms. The van der Waals surface area contributed by atoms with Crippen LogP contribution in [-0.4, -0.2) is 24.5 Å². The van der Waals surface area contributed by atoms with Gasteiger partial charge in [-0.05, 0) is 30.0 Å². The molecule has 0 saturated heterocycles. The van der Waals surface area contributed by atoms with E-state index >= 15 is 0 Å². The van der Waals surface area contributed by atoms with Crippen molar-refractivity contribution in [1.29, 1.82) is 0 Å². The van der Waals surface area contributed by atoms with Crippen molar-refractivity contribution in [1.82, 2.24) is 4.90 Å². The molecule has 2 heteroatoms. The van der Waals surface area contributed by atoms with Crippen LogP contribution in [0.5, 0.6) is 0 Å². The van der Waals surface area contributed by atoms with Gasteiger partial charge in [-0.2, -0.15) is 0 Å². The van der Waals surface area contributed by atoms with Gasteiger partial charge in [0.2, 0.25) is 0 Å². The van der Waals surface area contributed by atoms with Gasteiger partial charge in [-0.1, -0.05) is 64.8 Å². The van der Waals surface area contributed by atoms with Crippen molar-refractivity contribution < 1.29 is 0 Å². The summed E-state index contributed by atoms with van der Waals surface area (Å²) in [6.07, 6.45) is 3.58. The Morgan fingerprint density at radius 1 is 1.05 bits per heavy atom. The standard InChI is InChI=1S/C18H32N2/c1-5-15(6-2)14-20(8-4)18(13-19)17-12-10-9-11-16(17)7-3/h9-12,15,18H,5-8,13-14,19H2,1-4H3. The molecular weight excluding hydrogens is 244 g/mol. The Labute approximate surface area is 125 Å². The fraction of sp³-hybridized carbons (Fsp3) is 0.667. The van der Waals surface area contributed by atoms with Gasteiger partial charge in [0.1, 0.15) is 0 Å². The highest BCUT2D eigenvalue weighted by atomic mass is 15.2. The van der Waals surface area contributed by atoms with Crippen molar-refractivity contribution in [2.24, 2.45) is 11.7 Å². The summed E-state index contributed by atoms with van der Waals surface area (Å²) in [5.74, 6) is 0.776. The Bertz CT molecular complexity index is 371. The van der Waals surface area contributed by atoms with E-state index in [1.165, 1.54) is 24.0 Å². The zero-order valence-corrected chi connectivity index (χ0v) is 13.7. The van der Waals surface area contributed by atoms with Crippen molar-refractivity contribution in [2.45, 2.75) is 53.0 Å². The molecule has 0 aromatic heterocycles. The number of hydrogen-bond acceptors (Lipinski definition) is 2. The van der Waals surface area contributed by atoms with Crippen LogP contribution in [0.2, 0.25) is 0 Å². The zero-order valence-electron chi connectivity index (χ0n) is 13.7. The molecule has 0 aliphatic heterocycles. The predicted octanol–water partition coefficient (Wildman–Crippen LogP) is 4.01. The molecule has 1 aromatic rings. The van der Waals surface area contributed by atoms with E-state index in [0.29, 0.717) is 12.6 Å². The van der Waals surface area contributed by atoms with Crippen molar-refractivity contribution in [3.8, 4) is 0 Å². The molecule has 0 bridgehead atoms. The molecule has 0 aliphatic carbocycles. The summed E-state index contributed by atoms with van der Waals surface area (Å²) < 4.78 is 0. The van der Waals surface area contributed by atoms with Crippen molar-refractivity contribution in [2.75, 3.05) is 19.6 Å². The number of likely N-dealkylation sites (N-methyl/N-ethyl adjacent to an activating group) is 1. The molecule has 0 radical (unpaired) electrons. The molecule has 0 fully saturated rings. The Balaban J connectivity index is 2.96. The number of benzene rings is 1. The Morgan fingerprint density at radius 2 is 1.70 bits per heavy atom. The third-order valence-electron chi connectivity index (χ3n) is 4.51. The highest BCUT2D eigenvalue weighted by Crippen LogP contribution is 2.25. The molecular formula is C18H32N2. The number of nitrogens with zero attached hydrogens (tertiary/aromatic N) is 1. The maximum atomic E-state index is 6.12. The lowest BCUT2D eigenvalue weighted by Crippen LogP contribution is -2.37. The van der Waals surface area contributed by atoms with E-state index in [4.69, 9.17) is 5.73 Å². The van der Waals surface area contributed by atoms with E-state index in [1.54, 1.807) is 0 Å². The van der Waals surface area contributed by atoms with Crippen LogP contribution in [0.1, 0.15) is 57.7 Å². The average Bonchev–Trinajstić information content (AvgIpc) is 2.51. The van der Waals surface area contributed by atoms with Crippen LogP contribution in [0.4, 0.5) is 0 Å². The van der Waals surface area contributed by atoms with E-state index in [0.717, 1.165) is 25.4 Å². The van der Waals surface area contributed by atoms with E-state index in [2.05, 4.69) is 56.9 Å². The van der Waals surface area contributed by atoms with Crippen LogP contribution in [0.15, 0.2) is 24.3 Å². The first-order chi connectivity index (χ1) is 9.71. The number of nitrogens with two attached hydrogens (primary N) is 1. The summed E-state index contributed by atoms with van der Waals surface area (Å²) in [5.41, 5.74) is 8.98. The molecule has 1 rings (SSSR count). The van der Waals surface area contributed by atoms with Crippen molar-refractivity contribution in [3.63, 3.8) is 0 Å². The minimum absolute atomic E-state index is 0.358. The van der Waals surface area contributed by atoms with Gasteiger partial charge in [0.25, 0.3) is 0 Å². The lowest BCUT2D eigenvalue weighted by Gasteiger charge is -2.34. The molecule has 1 unspecified atom stereocenters. The van der Waals surface area contributed by atoms with E-state index in [1.807, 2.05) is 0 Å². The lowest BCUT2D eigenvalue weighted by molar-refractivity contribution is 0.173. The first kappa shape index (κ1) is 17.2. The van der Waals surface area contributed by atoms with Crippen LogP contribution in [0.3, 0.4) is 0 Å². The zero-order chi connectivity index (χ0) is 15.0. The average molecular weight is 276 g/mol. The fourth-order valence-corrected chi connectivity index (χ4v) is 3.01. The second kappa shape index (κ2) is 9.15. The smallest absolute Gasteiger partial charge is 0.0473 e. The fourth-order valence-electron chi connectivity index (χ4n) is 3.01. The maximum absolute atomic E-state index is 6.12. The monoisotopic (exact) mass is 276 g/mol. The second-order valence-electron chi connectivity index (χ2n) is 5.57. The van der Waals surface area contributed by atoms with E-state index < -0.39 is 0 Å². The summed E-state index contributed by atoms with van der Waals surface area (Å²) in [5, 5.41) is 0. The maximum Gasteiger partial charge on any atom is 0.0473 e. The summed E-state index contributed by atoms with van der Waals surface area (Å²) in [4.78, 5) is 2.56.